The van der Waals surface area contributed by atoms with Crippen molar-refractivity contribution in [2.45, 2.75) is 39.5 Å². The Morgan fingerprint density at radius 2 is 1.85 bits per heavy atom. The van der Waals surface area contributed by atoms with Crippen LogP contribution in [0.4, 0.5) is 4.79 Å². The van der Waals surface area contributed by atoms with Gasteiger partial charge < -0.3 is 14.2 Å². The normalized spacial score (nSPS) is 11.4. The first-order valence-electron chi connectivity index (χ1n) is 8.50. The molecule has 0 N–H and O–H groups in total. The van der Waals surface area contributed by atoms with Crippen LogP contribution in [0.5, 0.6) is 11.5 Å². The van der Waals surface area contributed by atoms with Crippen LogP contribution in [0, 0.1) is 5.92 Å². The molecule has 1 atom stereocenters. The van der Waals surface area contributed by atoms with Crippen molar-refractivity contribution in [3.63, 3.8) is 0 Å². The third-order valence-electron chi connectivity index (χ3n) is 3.81. The van der Waals surface area contributed by atoms with Crippen molar-refractivity contribution in [1.82, 2.24) is 0 Å². The maximum atomic E-state index is 12.0. The molecular formula is C18H26O8. The van der Waals surface area contributed by atoms with Crippen molar-refractivity contribution in [3.05, 3.63) is 23.8 Å². The molecule has 1 rings (SSSR count). The molecule has 0 aromatic heterocycles. The summed E-state index contributed by atoms with van der Waals surface area (Å²) in [6.07, 6.45) is 2.91. The Hall–Kier alpha value is -2.48. The lowest BCUT2D eigenvalue weighted by Gasteiger charge is -2.13. The molecule has 8 nitrogen and oxygen atoms in total. The Kier molecular flexibility index (Phi) is 9.93. The lowest BCUT2D eigenvalue weighted by atomic mass is 10.0. The van der Waals surface area contributed by atoms with E-state index in [-0.39, 0.29) is 23.8 Å². The average Bonchev–Trinajstić information content (AvgIpc) is 2.67. The Bertz CT molecular complexity index is 572. The lowest BCUT2D eigenvalue weighted by molar-refractivity contribution is -0.452. The quantitative estimate of drug-likeness (QED) is 0.327. The van der Waals surface area contributed by atoms with Gasteiger partial charge in [0.2, 0.25) is 0 Å². The summed E-state index contributed by atoms with van der Waals surface area (Å²) in [5.41, 5.74) is 0.0504. The smallest absolute Gasteiger partial charge is 0.493 e. The summed E-state index contributed by atoms with van der Waals surface area (Å²) in [6.45, 7) is 4.34. The molecule has 0 bridgehead atoms. The van der Waals surface area contributed by atoms with E-state index >= 15 is 0 Å². The van der Waals surface area contributed by atoms with E-state index in [9.17, 15) is 9.59 Å². The monoisotopic (exact) mass is 370 g/mol. The summed E-state index contributed by atoms with van der Waals surface area (Å²) in [5.74, 6) is -0.137. The van der Waals surface area contributed by atoms with Gasteiger partial charge in [-0.15, -0.1) is 0 Å². The minimum absolute atomic E-state index is 0.0504. The topological polar surface area (TPSA) is 89.5 Å². The van der Waals surface area contributed by atoms with Gasteiger partial charge >= 0.3 is 12.1 Å². The third-order valence-corrected chi connectivity index (χ3v) is 3.81. The Labute approximate surface area is 153 Å². The number of methoxy groups -OCH3 is 2. The van der Waals surface area contributed by atoms with Crippen molar-refractivity contribution >= 4 is 12.1 Å². The Balaban J connectivity index is 2.43. The van der Waals surface area contributed by atoms with Crippen molar-refractivity contribution in [1.29, 1.82) is 0 Å². The molecule has 0 amide bonds. The summed E-state index contributed by atoms with van der Waals surface area (Å²) in [6, 6.07) is 4.65. The number of unbranched alkanes of at least 4 members (excludes halogenated alkanes) is 1. The van der Waals surface area contributed by atoms with Crippen molar-refractivity contribution in [2.75, 3.05) is 20.8 Å². The van der Waals surface area contributed by atoms with Gasteiger partial charge in [0.15, 0.2) is 11.5 Å². The van der Waals surface area contributed by atoms with E-state index in [0.29, 0.717) is 5.75 Å². The summed E-state index contributed by atoms with van der Waals surface area (Å²) in [7, 11) is 2.82. The first-order chi connectivity index (χ1) is 12.6. The van der Waals surface area contributed by atoms with Crippen LogP contribution in [-0.4, -0.2) is 33.0 Å². The van der Waals surface area contributed by atoms with Crippen molar-refractivity contribution in [3.8, 4) is 11.5 Å². The number of benzene rings is 1. The number of rotatable bonds is 11. The molecule has 1 aromatic rings. The summed E-state index contributed by atoms with van der Waals surface area (Å²) in [5, 5.41) is 4.21. The van der Waals surface area contributed by atoms with E-state index in [1.54, 1.807) is 12.1 Å². The largest absolute Gasteiger partial charge is 0.543 e. The second kappa shape index (κ2) is 12.0. The highest BCUT2D eigenvalue weighted by Gasteiger charge is 2.20. The molecule has 0 saturated carbocycles. The average molecular weight is 370 g/mol. The van der Waals surface area contributed by atoms with Crippen LogP contribution in [-0.2, 0) is 19.6 Å². The molecule has 0 aliphatic carbocycles. The zero-order valence-corrected chi connectivity index (χ0v) is 15.6. The fourth-order valence-electron chi connectivity index (χ4n) is 2.28. The number of hydrogen-bond donors (Lipinski definition) is 0. The zero-order chi connectivity index (χ0) is 19.4. The highest BCUT2D eigenvalue weighted by Crippen LogP contribution is 2.31. The van der Waals surface area contributed by atoms with Gasteiger partial charge in [0, 0.05) is 0 Å². The zero-order valence-electron chi connectivity index (χ0n) is 15.6. The molecule has 1 aromatic carbocycles. The fourth-order valence-corrected chi connectivity index (χ4v) is 2.28. The predicted octanol–water partition coefficient (Wildman–Crippen LogP) is 4.08. The lowest BCUT2D eigenvalue weighted by Crippen LogP contribution is -2.16. The van der Waals surface area contributed by atoms with E-state index in [1.807, 2.05) is 6.92 Å². The molecule has 0 spiro atoms. The molecule has 1 unspecified atom stereocenters. The van der Waals surface area contributed by atoms with E-state index in [2.05, 4.69) is 21.7 Å². The van der Waals surface area contributed by atoms with Gasteiger partial charge in [-0.25, -0.2) is 14.5 Å². The number of para-hydroxylation sites is 1. The van der Waals surface area contributed by atoms with Gasteiger partial charge in [0.05, 0.1) is 25.9 Å². The van der Waals surface area contributed by atoms with Gasteiger partial charge in [-0.05, 0) is 24.5 Å². The van der Waals surface area contributed by atoms with Gasteiger partial charge in [0.25, 0.3) is 0 Å². The molecule has 0 fully saturated rings. The molecule has 26 heavy (non-hydrogen) atoms. The Morgan fingerprint density at radius 3 is 2.46 bits per heavy atom. The first kappa shape index (κ1) is 21.6. The van der Waals surface area contributed by atoms with E-state index in [0.717, 1.165) is 25.7 Å². The van der Waals surface area contributed by atoms with Crippen LogP contribution in [0.15, 0.2) is 18.2 Å². The van der Waals surface area contributed by atoms with Crippen LogP contribution in [0.3, 0.4) is 0 Å². The minimum atomic E-state index is -1.08. The van der Waals surface area contributed by atoms with Gasteiger partial charge in [-0.1, -0.05) is 39.2 Å². The SMILES string of the molecule is CCCCC(CC)COC(=O)OOOC(=O)c1cccc(OC)c1OC. The van der Waals surface area contributed by atoms with Gasteiger partial charge in [0.1, 0.15) is 5.56 Å². The van der Waals surface area contributed by atoms with Crippen LogP contribution in [0.2, 0.25) is 0 Å². The first-order valence-corrected chi connectivity index (χ1v) is 8.50. The predicted molar refractivity (Wildman–Crippen MR) is 91.8 cm³/mol. The standard InChI is InChI=1S/C18H26O8/c1-5-7-9-13(6-2)12-23-18(20)25-26-24-17(19)14-10-8-11-15(21-3)16(14)22-4/h8,10-11,13H,5-7,9,12H2,1-4H3. The number of ether oxygens (including phenoxy) is 3. The molecule has 8 heteroatoms. The van der Waals surface area contributed by atoms with Gasteiger partial charge in [-0.3, -0.25) is 4.89 Å². The highest BCUT2D eigenvalue weighted by atomic mass is 17.5. The molecule has 0 aliphatic rings. The van der Waals surface area contributed by atoms with Crippen molar-refractivity contribution < 1.29 is 38.6 Å². The fraction of sp³-hybridized carbons (Fsp3) is 0.556. The molecule has 146 valence electrons. The van der Waals surface area contributed by atoms with E-state index < -0.39 is 12.1 Å². The third kappa shape index (κ3) is 6.79. The maximum absolute atomic E-state index is 12.0. The number of carbonyl (C=O) groups is 2. The molecule has 0 aliphatic heterocycles. The van der Waals surface area contributed by atoms with Crippen LogP contribution in [0.25, 0.3) is 0 Å². The van der Waals surface area contributed by atoms with Crippen LogP contribution in [0.1, 0.15) is 49.9 Å². The second-order valence-electron chi connectivity index (χ2n) is 5.54. The summed E-state index contributed by atoms with van der Waals surface area (Å²) >= 11 is 0. The van der Waals surface area contributed by atoms with E-state index in [1.165, 1.54) is 20.3 Å². The molecule has 0 saturated heterocycles. The number of carbonyl (C=O) groups excluding carboxylic acids is 2. The van der Waals surface area contributed by atoms with Crippen LogP contribution < -0.4 is 9.47 Å². The minimum Gasteiger partial charge on any atom is -0.493 e. The maximum Gasteiger partial charge on any atom is 0.543 e. The van der Waals surface area contributed by atoms with Crippen LogP contribution >= 0.6 is 0 Å². The summed E-state index contributed by atoms with van der Waals surface area (Å²) < 4.78 is 15.1. The van der Waals surface area contributed by atoms with E-state index in [4.69, 9.17) is 14.2 Å². The summed E-state index contributed by atoms with van der Waals surface area (Å²) in [4.78, 5) is 32.2. The molecule has 0 radical (unpaired) electrons. The Morgan fingerprint density at radius 1 is 1.08 bits per heavy atom. The second-order valence-corrected chi connectivity index (χ2v) is 5.54. The van der Waals surface area contributed by atoms with Crippen molar-refractivity contribution in [2.24, 2.45) is 5.92 Å². The number of hydrogen-bond acceptors (Lipinski definition) is 8. The molecular weight excluding hydrogens is 344 g/mol. The molecule has 0 heterocycles. The van der Waals surface area contributed by atoms with Gasteiger partial charge in [-0.2, -0.15) is 0 Å². The highest BCUT2D eigenvalue weighted by molar-refractivity contribution is 5.93.